The summed E-state index contributed by atoms with van der Waals surface area (Å²) in [5.74, 6) is 0.554. The third-order valence-corrected chi connectivity index (χ3v) is 13.5. The topological polar surface area (TPSA) is 156 Å². The molecule has 4 fully saturated rings. The minimum atomic E-state index is -0.934. The zero-order valence-electron chi connectivity index (χ0n) is 36.8. The number of methoxy groups -OCH3 is 1. The second-order valence-corrected chi connectivity index (χ2v) is 18.2. The summed E-state index contributed by atoms with van der Waals surface area (Å²) in [7, 11) is 8.92. The molecule has 0 aromatic heterocycles. The van der Waals surface area contributed by atoms with Gasteiger partial charge in [-0.3, -0.25) is 19.2 Å². The molecule has 13 heteroatoms. The van der Waals surface area contributed by atoms with Crippen LogP contribution in [0.4, 0.5) is 5.69 Å². The number of nitrogens with one attached hydrogen (secondary N) is 3. The highest BCUT2D eigenvalue weighted by Crippen LogP contribution is 2.61. The van der Waals surface area contributed by atoms with Crippen LogP contribution < -0.4 is 25.6 Å². The number of carbonyl (C=O) groups excluding carboxylic acids is 3. The van der Waals surface area contributed by atoms with Gasteiger partial charge in [-0.25, -0.2) is 0 Å². The standard InChI is InChI=1S/C47H66N6O7/c1-28-38-22-34(47(38,3)4)23-39(28)50-46(58)43-42(29(2)55)40(27-54)60-53(43)24-31-16-13-17-37(44(31)59-9)32-19-33(21-36(20-32)52(8)26-41(56)48-5)45(57)49-35(25-51(6)7)18-30-14-11-10-12-15-30/h10-17,19-21,28-29,34-35,38-40,42-43,54-55H,18,22-27H2,1-9H3,(H,48,56)(H,49,57)(H,50,58)/t28-,29-,34+,35-,38-,39-,40-,42+,43-/m0/s1. The molecule has 2 bridgehead atoms. The average Bonchev–Trinajstić information content (AvgIpc) is 3.59. The monoisotopic (exact) mass is 826 g/mol. The molecule has 1 aliphatic heterocycles. The second kappa shape index (κ2) is 19.0. The number of likely N-dealkylation sites (N-methyl/N-ethyl adjacent to an activating group) is 3. The van der Waals surface area contributed by atoms with Crippen molar-refractivity contribution in [2.75, 3.05) is 59.9 Å². The van der Waals surface area contributed by atoms with Crippen molar-refractivity contribution in [1.29, 1.82) is 0 Å². The van der Waals surface area contributed by atoms with Crippen LogP contribution in [0.2, 0.25) is 0 Å². The van der Waals surface area contributed by atoms with Gasteiger partial charge in [0.15, 0.2) is 0 Å². The Labute approximate surface area is 355 Å². The van der Waals surface area contributed by atoms with E-state index in [0.717, 1.165) is 12.0 Å². The van der Waals surface area contributed by atoms with E-state index in [9.17, 15) is 24.6 Å². The number of anilines is 1. The third-order valence-electron chi connectivity index (χ3n) is 13.5. The van der Waals surface area contributed by atoms with Crippen molar-refractivity contribution in [3.05, 3.63) is 83.4 Å². The van der Waals surface area contributed by atoms with Crippen LogP contribution in [0.1, 0.15) is 62.0 Å². The Kier molecular flexibility index (Phi) is 14.3. The van der Waals surface area contributed by atoms with Gasteiger partial charge in [-0.1, -0.05) is 69.3 Å². The number of nitrogens with zero attached hydrogens (tertiary/aromatic N) is 3. The van der Waals surface area contributed by atoms with Crippen molar-refractivity contribution in [3.63, 3.8) is 0 Å². The highest BCUT2D eigenvalue weighted by Gasteiger charge is 2.57. The lowest BCUT2D eigenvalue weighted by Crippen LogP contribution is -2.62. The molecule has 3 aliphatic carbocycles. The number of aliphatic hydroxyl groups excluding tert-OH is 2. The normalized spacial score (nSPS) is 25.5. The van der Waals surface area contributed by atoms with Crippen molar-refractivity contribution >= 4 is 23.4 Å². The molecular weight excluding hydrogens is 761 g/mol. The summed E-state index contributed by atoms with van der Waals surface area (Å²) in [5, 5.41) is 32.3. The van der Waals surface area contributed by atoms with Gasteiger partial charge in [0.25, 0.3) is 5.91 Å². The number of aliphatic hydroxyl groups is 2. The number of hydroxylamine groups is 2. The highest BCUT2D eigenvalue weighted by atomic mass is 16.7. The lowest BCUT2D eigenvalue weighted by molar-refractivity contribution is -0.183. The third kappa shape index (κ3) is 9.66. The Morgan fingerprint density at radius 1 is 1.03 bits per heavy atom. The molecule has 13 nitrogen and oxygen atoms in total. The highest BCUT2D eigenvalue weighted by molar-refractivity contribution is 5.97. The van der Waals surface area contributed by atoms with Crippen molar-refractivity contribution in [2.45, 2.75) is 83.8 Å². The van der Waals surface area contributed by atoms with Gasteiger partial charge in [0, 0.05) is 61.0 Å². The molecule has 3 aromatic carbocycles. The van der Waals surface area contributed by atoms with Crippen LogP contribution in [0.15, 0.2) is 66.7 Å². The molecule has 3 amide bonds. The smallest absolute Gasteiger partial charge is 0.251 e. The SMILES string of the molecule is CNC(=O)CN(C)c1cc(C(=O)N[C@@H](Cc2ccccc2)CN(C)C)cc(-c2cccc(CN3O[C@@H](CO)[C@@H]([C@H](C)O)[C@H]3C(=O)N[C@H]3C[C@H]4C[C@@H]([C@@H]3C)C4(C)C)c2OC)c1. The fourth-order valence-corrected chi connectivity index (χ4v) is 10.1. The van der Waals surface area contributed by atoms with Crippen LogP contribution in [0, 0.1) is 29.1 Å². The minimum Gasteiger partial charge on any atom is -0.496 e. The maximum absolute atomic E-state index is 14.4. The quantitative estimate of drug-likeness (QED) is 0.134. The number of rotatable bonds is 17. The predicted octanol–water partition coefficient (Wildman–Crippen LogP) is 4.11. The Bertz CT molecular complexity index is 1970. The lowest BCUT2D eigenvalue weighted by atomic mass is 9.45. The number of hydrogen-bond acceptors (Lipinski definition) is 10. The van der Waals surface area contributed by atoms with E-state index in [1.807, 2.05) is 67.5 Å². The molecule has 4 aliphatic rings. The maximum Gasteiger partial charge on any atom is 0.251 e. The molecule has 0 spiro atoms. The Hall–Kier alpha value is -4.53. The molecular formula is C47H66N6O7. The van der Waals surface area contributed by atoms with E-state index in [0.29, 0.717) is 64.4 Å². The van der Waals surface area contributed by atoms with Gasteiger partial charge in [-0.05, 0) is 92.8 Å². The van der Waals surface area contributed by atoms with Crippen molar-refractivity contribution in [2.24, 2.45) is 29.1 Å². The van der Waals surface area contributed by atoms with Crippen LogP contribution in [-0.2, 0) is 27.4 Å². The number of carbonyl (C=O) groups is 3. The van der Waals surface area contributed by atoms with Gasteiger partial charge in [-0.15, -0.1) is 0 Å². The molecule has 0 unspecified atom stereocenters. The lowest BCUT2D eigenvalue weighted by Gasteiger charge is -2.62. The average molecular weight is 827 g/mol. The van der Waals surface area contributed by atoms with E-state index in [4.69, 9.17) is 9.57 Å². The van der Waals surface area contributed by atoms with E-state index in [1.54, 1.807) is 44.2 Å². The molecule has 9 atom stereocenters. The summed E-state index contributed by atoms with van der Waals surface area (Å²) in [4.78, 5) is 51.3. The summed E-state index contributed by atoms with van der Waals surface area (Å²) < 4.78 is 6.13. The van der Waals surface area contributed by atoms with Crippen LogP contribution in [0.25, 0.3) is 11.1 Å². The summed E-state index contributed by atoms with van der Waals surface area (Å²) in [6, 6.07) is 20.2. The van der Waals surface area contributed by atoms with Crippen LogP contribution in [0.5, 0.6) is 5.75 Å². The summed E-state index contributed by atoms with van der Waals surface area (Å²) in [6.07, 6.45) is 1.01. The maximum atomic E-state index is 14.4. The second-order valence-electron chi connectivity index (χ2n) is 18.2. The molecule has 60 heavy (non-hydrogen) atoms. The molecule has 0 radical (unpaired) electrons. The molecule has 1 saturated heterocycles. The van der Waals surface area contributed by atoms with Gasteiger partial charge in [0.2, 0.25) is 11.8 Å². The number of fused-ring (bicyclic) bond motifs is 2. The van der Waals surface area contributed by atoms with Crippen molar-refractivity contribution < 1.29 is 34.2 Å². The van der Waals surface area contributed by atoms with E-state index in [-0.39, 0.29) is 54.9 Å². The van der Waals surface area contributed by atoms with Crippen LogP contribution >= 0.6 is 0 Å². The number of para-hydroxylation sites is 1. The molecule has 7 rings (SSSR count). The molecule has 3 aromatic rings. The number of ether oxygens (including phenoxy) is 1. The summed E-state index contributed by atoms with van der Waals surface area (Å²) >= 11 is 0. The van der Waals surface area contributed by atoms with E-state index in [1.165, 1.54) is 6.42 Å². The van der Waals surface area contributed by atoms with Crippen molar-refractivity contribution in [1.82, 2.24) is 25.9 Å². The zero-order chi connectivity index (χ0) is 43.5. The van der Waals surface area contributed by atoms with Gasteiger partial charge < -0.3 is 40.7 Å². The number of hydrogen-bond donors (Lipinski definition) is 5. The molecule has 326 valence electrons. The predicted molar refractivity (Wildman–Crippen MR) is 233 cm³/mol. The Morgan fingerprint density at radius 3 is 2.38 bits per heavy atom. The zero-order valence-corrected chi connectivity index (χ0v) is 36.8. The Morgan fingerprint density at radius 2 is 1.77 bits per heavy atom. The van der Waals surface area contributed by atoms with Gasteiger partial charge in [-0.2, -0.15) is 5.06 Å². The van der Waals surface area contributed by atoms with Gasteiger partial charge in [0.1, 0.15) is 17.9 Å². The van der Waals surface area contributed by atoms with E-state index in [2.05, 4.69) is 48.9 Å². The van der Waals surface area contributed by atoms with Crippen LogP contribution in [0.3, 0.4) is 0 Å². The molecule has 5 N–H and O–H groups in total. The fourth-order valence-electron chi connectivity index (χ4n) is 10.1. The number of amides is 3. The first-order chi connectivity index (χ1) is 28.6. The van der Waals surface area contributed by atoms with Gasteiger partial charge >= 0.3 is 0 Å². The molecule has 3 saturated carbocycles. The Balaban J connectivity index is 1.32. The number of benzene rings is 3. The van der Waals surface area contributed by atoms with E-state index < -0.39 is 24.2 Å². The summed E-state index contributed by atoms with van der Waals surface area (Å²) in [6.45, 7) is 8.96. The first-order valence-corrected chi connectivity index (χ1v) is 21.3. The van der Waals surface area contributed by atoms with Crippen molar-refractivity contribution in [3.8, 4) is 16.9 Å². The fraction of sp³-hybridized carbons (Fsp3) is 0.553. The first kappa shape index (κ1) is 45.0. The van der Waals surface area contributed by atoms with E-state index >= 15 is 0 Å². The molecule has 1 heterocycles. The minimum absolute atomic E-state index is 0.00789. The first-order valence-electron chi connectivity index (χ1n) is 21.3. The van der Waals surface area contributed by atoms with Gasteiger partial charge in [0.05, 0.1) is 32.9 Å². The summed E-state index contributed by atoms with van der Waals surface area (Å²) in [5.41, 5.74) is 4.53. The van der Waals surface area contributed by atoms with Crippen LogP contribution in [-0.4, -0.2) is 123 Å². The largest absolute Gasteiger partial charge is 0.496 e.